The highest BCUT2D eigenvalue weighted by atomic mass is 35.5. The first-order chi connectivity index (χ1) is 18.1. The summed E-state index contributed by atoms with van der Waals surface area (Å²) >= 11 is 12.4. The summed E-state index contributed by atoms with van der Waals surface area (Å²) in [4.78, 5) is 38.7. The van der Waals surface area contributed by atoms with Crippen LogP contribution in [0.3, 0.4) is 0 Å². The molecular weight excluding hydrogens is 539 g/mol. The molecule has 7 nitrogen and oxygen atoms in total. The molecule has 214 valence electrons. The van der Waals surface area contributed by atoms with E-state index < -0.39 is 35.7 Å². The standard InChI is InChI=1S/C30H40Cl2N2O5/c1-8-15-38-27(36)20-11-9-19(10-12-20)24(13-14-29(2,3)4)33-26(35)25(34-28(37)39-30(5,6)7)21-16-22(31)18-23(32)17-21/h9-12,16-18,24-25H,8,13-15H2,1-7H3,(H,33,35)(H,34,37)/t24-,25?/m1/s1. The van der Waals surface area contributed by atoms with Gasteiger partial charge in [-0.2, -0.15) is 0 Å². The lowest BCUT2D eigenvalue weighted by Crippen LogP contribution is -2.43. The summed E-state index contributed by atoms with van der Waals surface area (Å²) in [5.41, 5.74) is 0.929. The Bertz CT molecular complexity index is 1120. The van der Waals surface area contributed by atoms with Gasteiger partial charge in [0.1, 0.15) is 11.6 Å². The first-order valence-corrected chi connectivity index (χ1v) is 13.9. The van der Waals surface area contributed by atoms with Crippen LogP contribution in [-0.2, 0) is 14.3 Å². The van der Waals surface area contributed by atoms with Gasteiger partial charge in [-0.3, -0.25) is 4.79 Å². The molecule has 0 heterocycles. The van der Waals surface area contributed by atoms with Crippen LogP contribution in [0.5, 0.6) is 0 Å². The first-order valence-electron chi connectivity index (χ1n) is 13.1. The van der Waals surface area contributed by atoms with Gasteiger partial charge in [0.15, 0.2) is 0 Å². The second-order valence-electron chi connectivity index (χ2n) is 11.7. The van der Waals surface area contributed by atoms with E-state index in [0.717, 1.165) is 18.4 Å². The van der Waals surface area contributed by atoms with Gasteiger partial charge < -0.3 is 20.1 Å². The molecule has 2 aromatic carbocycles. The van der Waals surface area contributed by atoms with Gasteiger partial charge in [-0.25, -0.2) is 9.59 Å². The fraction of sp³-hybridized carbons (Fsp3) is 0.500. The van der Waals surface area contributed by atoms with E-state index in [4.69, 9.17) is 32.7 Å². The lowest BCUT2D eigenvalue weighted by molar-refractivity contribution is -0.124. The molecule has 2 amide bonds. The van der Waals surface area contributed by atoms with E-state index in [2.05, 4.69) is 31.4 Å². The summed E-state index contributed by atoms with van der Waals surface area (Å²) in [6.45, 7) is 13.9. The zero-order valence-corrected chi connectivity index (χ0v) is 25.3. The Morgan fingerprint density at radius 2 is 1.46 bits per heavy atom. The third-order valence-electron chi connectivity index (χ3n) is 5.63. The van der Waals surface area contributed by atoms with Crippen LogP contribution in [0, 0.1) is 5.41 Å². The van der Waals surface area contributed by atoms with Crippen molar-refractivity contribution >= 4 is 41.2 Å². The molecule has 0 bridgehead atoms. The minimum Gasteiger partial charge on any atom is -0.462 e. The first kappa shape index (κ1) is 32.4. The summed E-state index contributed by atoms with van der Waals surface area (Å²) in [5, 5.41) is 6.41. The molecule has 9 heteroatoms. The number of amides is 2. The van der Waals surface area contributed by atoms with Crippen molar-refractivity contribution in [3.05, 3.63) is 69.2 Å². The van der Waals surface area contributed by atoms with Crippen LogP contribution in [0.15, 0.2) is 42.5 Å². The monoisotopic (exact) mass is 578 g/mol. The quantitative estimate of drug-likeness (QED) is 0.280. The van der Waals surface area contributed by atoms with Crippen LogP contribution >= 0.6 is 23.2 Å². The van der Waals surface area contributed by atoms with Gasteiger partial charge in [-0.15, -0.1) is 0 Å². The van der Waals surface area contributed by atoms with Gasteiger partial charge in [0, 0.05) is 10.0 Å². The van der Waals surface area contributed by atoms with E-state index in [1.807, 2.05) is 19.1 Å². The molecule has 2 rings (SSSR count). The van der Waals surface area contributed by atoms with Crippen LogP contribution in [0.25, 0.3) is 0 Å². The average Bonchev–Trinajstić information content (AvgIpc) is 2.81. The zero-order valence-electron chi connectivity index (χ0n) is 23.8. The van der Waals surface area contributed by atoms with E-state index in [9.17, 15) is 14.4 Å². The lowest BCUT2D eigenvalue weighted by atomic mass is 9.87. The number of alkyl carbamates (subject to hydrolysis) is 1. The summed E-state index contributed by atoms with van der Waals surface area (Å²) in [7, 11) is 0. The maximum atomic E-state index is 13.7. The summed E-state index contributed by atoms with van der Waals surface area (Å²) in [6.07, 6.45) is 1.43. The topological polar surface area (TPSA) is 93.7 Å². The molecule has 0 saturated heterocycles. The van der Waals surface area contributed by atoms with E-state index in [-0.39, 0.29) is 5.41 Å². The van der Waals surface area contributed by atoms with Gasteiger partial charge in [0.05, 0.1) is 18.2 Å². The van der Waals surface area contributed by atoms with Crippen molar-refractivity contribution in [1.29, 1.82) is 0 Å². The maximum Gasteiger partial charge on any atom is 0.408 e. The molecule has 0 spiro atoms. The van der Waals surface area contributed by atoms with E-state index >= 15 is 0 Å². The number of carbonyl (C=O) groups is 3. The van der Waals surface area contributed by atoms with Crippen LogP contribution in [-0.4, -0.2) is 30.2 Å². The van der Waals surface area contributed by atoms with Crippen LogP contribution in [0.1, 0.15) is 101 Å². The van der Waals surface area contributed by atoms with Crippen LogP contribution < -0.4 is 10.6 Å². The van der Waals surface area contributed by atoms with Gasteiger partial charge in [0.25, 0.3) is 0 Å². The van der Waals surface area contributed by atoms with Crippen LogP contribution in [0.4, 0.5) is 4.79 Å². The minimum absolute atomic E-state index is 0.0154. The lowest BCUT2D eigenvalue weighted by Gasteiger charge is -2.28. The highest BCUT2D eigenvalue weighted by molar-refractivity contribution is 6.34. The van der Waals surface area contributed by atoms with Crippen molar-refractivity contribution in [3.8, 4) is 0 Å². The third-order valence-corrected chi connectivity index (χ3v) is 6.06. The molecule has 0 radical (unpaired) electrons. The predicted molar refractivity (Wildman–Crippen MR) is 155 cm³/mol. The summed E-state index contributed by atoms with van der Waals surface area (Å²) in [6, 6.07) is 10.2. The minimum atomic E-state index is -1.11. The van der Waals surface area contributed by atoms with E-state index in [0.29, 0.717) is 34.2 Å². The van der Waals surface area contributed by atoms with Crippen molar-refractivity contribution in [1.82, 2.24) is 10.6 Å². The van der Waals surface area contributed by atoms with Gasteiger partial charge in [-0.05, 0) is 86.9 Å². The fourth-order valence-corrected chi connectivity index (χ4v) is 4.29. The number of esters is 1. The Balaban J connectivity index is 2.38. The zero-order chi connectivity index (χ0) is 29.4. The van der Waals surface area contributed by atoms with Crippen molar-refractivity contribution in [2.24, 2.45) is 5.41 Å². The predicted octanol–water partition coefficient (Wildman–Crippen LogP) is 7.81. The Morgan fingerprint density at radius 3 is 1.97 bits per heavy atom. The molecule has 0 aliphatic carbocycles. The van der Waals surface area contributed by atoms with Crippen LogP contribution in [0.2, 0.25) is 10.0 Å². The van der Waals surface area contributed by atoms with Crippen molar-refractivity contribution < 1.29 is 23.9 Å². The molecule has 0 aliphatic rings. The normalized spacial score (nSPS) is 13.3. The number of ether oxygens (including phenoxy) is 2. The Kier molecular flexibility index (Phi) is 11.7. The van der Waals surface area contributed by atoms with Gasteiger partial charge in [-0.1, -0.05) is 63.0 Å². The average molecular weight is 580 g/mol. The summed E-state index contributed by atoms with van der Waals surface area (Å²) in [5.74, 6) is -0.845. The smallest absolute Gasteiger partial charge is 0.408 e. The molecule has 2 aromatic rings. The summed E-state index contributed by atoms with van der Waals surface area (Å²) < 4.78 is 10.6. The molecule has 1 unspecified atom stereocenters. The SMILES string of the molecule is CCCOC(=O)c1ccc([C@@H](CCC(C)(C)C)NC(=O)C(NC(=O)OC(C)(C)C)c2cc(Cl)cc(Cl)c2)cc1. The number of halogens is 2. The van der Waals surface area contributed by atoms with Crippen molar-refractivity contribution in [3.63, 3.8) is 0 Å². The second-order valence-corrected chi connectivity index (χ2v) is 12.6. The van der Waals surface area contributed by atoms with Crippen molar-refractivity contribution in [2.75, 3.05) is 6.61 Å². The van der Waals surface area contributed by atoms with Gasteiger partial charge in [0.2, 0.25) is 5.91 Å². The van der Waals surface area contributed by atoms with E-state index in [1.54, 1.807) is 51.1 Å². The van der Waals surface area contributed by atoms with Crippen molar-refractivity contribution in [2.45, 2.75) is 85.4 Å². The Morgan fingerprint density at radius 1 is 0.872 bits per heavy atom. The fourth-order valence-electron chi connectivity index (χ4n) is 3.75. The number of carbonyl (C=O) groups excluding carboxylic acids is 3. The number of benzene rings is 2. The second kappa shape index (κ2) is 14.0. The molecular formula is C30H40Cl2N2O5. The molecule has 0 saturated carbocycles. The number of hydrogen-bond acceptors (Lipinski definition) is 5. The third kappa shape index (κ3) is 11.5. The number of rotatable bonds is 10. The molecule has 39 heavy (non-hydrogen) atoms. The highest BCUT2D eigenvalue weighted by Gasteiger charge is 2.29. The number of hydrogen-bond donors (Lipinski definition) is 2. The Labute approximate surface area is 241 Å². The molecule has 2 N–H and O–H groups in total. The molecule has 0 fully saturated rings. The highest BCUT2D eigenvalue weighted by Crippen LogP contribution is 2.30. The van der Waals surface area contributed by atoms with E-state index in [1.165, 1.54) is 0 Å². The largest absolute Gasteiger partial charge is 0.462 e. The molecule has 0 aromatic heterocycles. The molecule has 2 atom stereocenters. The molecule has 0 aliphatic heterocycles. The Hall–Kier alpha value is -2.77. The maximum absolute atomic E-state index is 13.7. The number of nitrogens with one attached hydrogen (secondary N) is 2. The van der Waals surface area contributed by atoms with Gasteiger partial charge >= 0.3 is 12.1 Å².